The Labute approximate surface area is 181 Å². The maximum absolute atomic E-state index is 14.4. The molecule has 2 aromatic carbocycles. The molecule has 2 aromatic heterocycles. The van der Waals surface area contributed by atoms with Crippen LogP contribution in [0.25, 0.3) is 27.9 Å². The van der Waals surface area contributed by atoms with Crippen LogP contribution in [0.5, 0.6) is 5.88 Å². The zero-order valence-electron chi connectivity index (χ0n) is 16.2. The number of rotatable bonds is 5. The molecular formula is C23H18ClFN3O3+. The number of aromatic hydroxyl groups is 1. The third-order valence-electron chi connectivity index (χ3n) is 4.98. The predicted molar refractivity (Wildman–Crippen MR) is 116 cm³/mol. The van der Waals surface area contributed by atoms with Gasteiger partial charge in [-0.1, -0.05) is 35.9 Å². The normalized spacial score (nSPS) is 11.4. The Kier molecular flexibility index (Phi) is 5.68. The van der Waals surface area contributed by atoms with Crippen molar-refractivity contribution in [2.75, 3.05) is 0 Å². The average molecular weight is 439 g/mol. The van der Waals surface area contributed by atoms with E-state index < -0.39 is 11.4 Å². The van der Waals surface area contributed by atoms with E-state index in [-0.39, 0.29) is 23.0 Å². The Balaban J connectivity index is 1.93. The third-order valence-corrected chi connectivity index (χ3v) is 5.22. The van der Waals surface area contributed by atoms with Crippen molar-refractivity contribution in [2.24, 2.45) is 5.16 Å². The molecule has 0 atom stereocenters. The number of hydrogen-bond donors (Lipinski definition) is 2. The predicted octanol–water partition coefficient (Wildman–Crippen LogP) is 4.27. The number of hydrogen-bond acceptors (Lipinski definition) is 4. The number of halogens is 2. The largest absolute Gasteiger partial charge is 0.477 e. The molecule has 156 valence electrons. The lowest BCUT2D eigenvalue weighted by Crippen LogP contribution is -2.41. The van der Waals surface area contributed by atoms with Crippen molar-refractivity contribution in [3.05, 3.63) is 88.1 Å². The highest BCUT2D eigenvalue weighted by Crippen LogP contribution is 2.30. The lowest BCUT2D eigenvalue weighted by molar-refractivity contribution is -0.678. The second-order valence-electron chi connectivity index (χ2n) is 6.88. The number of benzene rings is 2. The van der Waals surface area contributed by atoms with Crippen LogP contribution >= 0.6 is 11.6 Å². The minimum atomic E-state index is -0.484. The highest BCUT2D eigenvalue weighted by molar-refractivity contribution is 6.30. The molecule has 0 radical (unpaired) electrons. The molecule has 6 nitrogen and oxygen atoms in total. The standard InChI is InChI=1S/C23H17ClFN3O3/c24-17-8-9-18(19(25)14-17)15-5-3-6-16(13-15)21-22(29)27-11-2-1-7-20(27)28(23(21)30)12-4-10-26-31/h1-3,5-11,13-14H,4,12H2,(H-,29,30,31)/p+1. The first-order chi connectivity index (χ1) is 15.0. The molecule has 0 saturated heterocycles. The van der Waals surface area contributed by atoms with Gasteiger partial charge in [0.15, 0.2) is 5.56 Å². The maximum Gasteiger partial charge on any atom is 0.354 e. The Morgan fingerprint density at radius 3 is 2.68 bits per heavy atom. The molecule has 0 unspecified atom stereocenters. The van der Waals surface area contributed by atoms with Crippen molar-refractivity contribution in [3.63, 3.8) is 0 Å². The van der Waals surface area contributed by atoms with E-state index in [2.05, 4.69) is 5.16 Å². The van der Waals surface area contributed by atoms with E-state index in [9.17, 15) is 14.3 Å². The first-order valence-corrected chi connectivity index (χ1v) is 9.87. The van der Waals surface area contributed by atoms with Crippen molar-refractivity contribution >= 4 is 23.5 Å². The van der Waals surface area contributed by atoms with Crippen LogP contribution in [-0.2, 0) is 6.54 Å². The molecule has 0 aliphatic carbocycles. The fourth-order valence-electron chi connectivity index (χ4n) is 3.57. The number of fused-ring (bicyclic) bond motifs is 1. The van der Waals surface area contributed by atoms with Gasteiger partial charge in [0.25, 0.3) is 11.5 Å². The van der Waals surface area contributed by atoms with Gasteiger partial charge in [-0.05, 0) is 41.5 Å². The van der Waals surface area contributed by atoms with Gasteiger partial charge in [-0.3, -0.25) is 0 Å². The van der Waals surface area contributed by atoms with Gasteiger partial charge in [-0.2, -0.15) is 8.97 Å². The van der Waals surface area contributed by atoms with Gasteiger partial charge in [-0.25, -0.2) is 9.18 Å². The van der Waals surface area contributed by atoms with Crippen molar-refractivity contribution in [3.8, 4) is 28.1 Å². The van der Waals surface area contributed by atoms with Gasteiger partial charge < -0.3 is 10.3 Å². The van der Waals surface area contributed by atoms with Gasteiger partial charge in [0.05, 0.1) is 12.7 Å². The fourth-order valence-corrected chi connectivity index (χ4v) is 3.73. The minimum Gasteiger partial charge on any atom is -0.477 e. The molecule has 8 heteroatoms. The van der Waals surface area contributed by atoms with Crippen LogP contribution in [0.1, 0.15) is 6.42 Å². The zero-order chi connectivity index (χ0) is 22.0. The molecule has 2 heterocycles. The zero-order valence-corrected chi connectivity index (χ0v) is 17.0. The van der Waals surface area contributed by atoms with Crippen molar-refractivity contribution in [1.29, 1.82) is 0 Å². The summed E-state index contributed by atoms with van der Waals surface area (Å²) in [4.78, 5) is 13.2. The topological polar surface area (TPSA) is 78.2 Å². The molecule has 0 aliphatic rings. The highest BCUT2D eigenvalue weighted by atomic mass is 35.5. The molecule has 0 saturated carbocycles. The van der Waals surface area contributed by atoms with E-state index >= 15 is 0 Å². The summed E-state index contributed by atoms with van der Waals surface area (Å²) in [6.45, 7) is 0.280. The molecule has 0 fully saturated rings. The van der Waals surface area contributed by atoms with Crippen LogP contribution < -0.4 is 10.1 Å². The van der Waals surface area contributed by atoms with E-state index in [1.54, 1.807) is 65.4 Å². The van der Waals surface area contributed by atoms with Crippen molar-refractivity contribution in [1.82, 2.24) is 4.40 Å². The quantitative estimate of drug-likeness (QED) is 0.211. The summed E-state index contributed by atoms with van der Waals surface area (Å²) in [5.74, 6) is -0.710. The second-order valence-corrected chi connectivity index (χ2v) is 7.31. The summed E-state index contributed by atoms with van der Waals surface area (Å²) < 4.78 is 17.4. The lowest BCUT2D eigenvalue weighted by Gasteiger charge is -2.11. The summed E-state index contributed by atoms with van der Waals surface area (Å²) in [6, 6.07) is 16.3. The monoisotopic (exact) mass is 438 g/mol. The van der Waals surface area contributed by atoms with E-state index in [4.69, 9.17) is 16.8 Å². The maximum atomic E-state index is 14.4. The summed E-state index contributed by atoms with van der Waals surface area (Å²) in [5.41, 5.74) is 1.48. The van der Waals surface area contributed by atoms with Crippen LogP contribution in [0.4, 0.5) is 4.39 Å². The van der Waals surface area contributed by atoms with E-state index in [1.807, 2.05) is 0 Å². The van der Waals surface area contributed by atoms with Gasteiger partial charge in [-0.15, -0.1) is 5.16 Å². The van der Waals surface area contributed by atoms with Crippen molar-refractivity contribution in [2.45, 2.75) is 13.0 Å². The number of aromatic nitrogens is 2. The molecule has 31 heavy (non-hydrogen) atoms. The van der Waals surface area contributed by atoms with Gasteiger partial charge >= 0.3 is 5.56 Å². The molecule has 0 amide bonds. The third kappa shape index (κ3) is 3.87. The average Bonchev–Trinajstić information content (AvgIpc) is 2.76. The number of aryl methyl sites for hydroxylation is 1. The fraction of sp³-hybridized carbons (Fsp3) is 0.0870. The van der Waals surface area contributed by atoms with Crippen LogP contribution in [0.3, 0.4) is 0 Å². The van der Waals surface area contributed by atoms with E-state index in [1.165, 1.54) is 16.7 Å². The SMILES string of the molecule is O=c1c(-c2cccc(-c3ccc(Cl)cc3F)c2)c(O)[n+](CCC=NO)c2ccccn12. The smallest absolute Gasteiger partial charge is 0.354 e. The molecule has 2 N–H and O–H groups in total. The summed E-state index contributed by atoms with van der Waals surface area (Å²) in [6.07, 6.45) is 3.26. The summed E-state index contributed by atoms with van der Waals surface area (Å²) >= 11 is 5.85. The first kappa shape index (κ1) is 20.6. The Bertz CT molecular complexity index is 1370. The lowest BCUT2D eigenvalue weighted by atomic mass is 9.99. The number of pyridine rings is 1. The molecule has 0 spiro atoms. The van der Waals surface area contributed by atoms with Gasteiger partial charge in [0, 0.05) is 29.3 Å². The Morgan fingerprint density at radius 2 is 1.90 bits per heavy atom. The second kappa shape index (κ2) is 8.57. The molecule has 0 aliphatic heterocycles. The van der Waals surface area contributed by atoms with E-state index in [0.29, 0.717) is 28.8 Å². The first-order valence-electron chi connectivity index (χ1n) is 9.49. The molecule has 4 aromatic rings. The van der Waals surface area contributed by atoms with Gasteiger partial charge in [0.2, 0.25) is 0 Å². The molecule has 4 rings (SSSR count). The Morgan fingerprint density at radius 1 is 1.10 bits per heavy atom. The summed E-state index contributed by atoms with van der Waals surface area (Å²) in [7, 11) is 0. The van der Waals surface area contributed by atoms with Crippen LogP contribution in [-0.4, -0.2) is 20.9 Å². The minimum absolute atomic E-state index is 0.0841. The number of oxime groups is 1. The van der Waals surface area contributed by atoms with Crippen LogP contribution in [0, 0.1) is 5.82 Å². The van der Waals surface area contributed by atoms with Crippen LogP contribution in [0.2, 0.25) is 5.02 Å². The van der Waals surface area contributed by atoms with Crippen molar-refractivity contribution < 1.29 is 19.3 Å². The summed E-state index contributed by atoms with van der Waals surface area (Å²) in [5, 5.41) is 23.0. The van der Waals surface area contributed by atoms with Gasteiger partial charge in [0.1, 0.15) is 5.82 Å². The van der Waals surface area contributed by atoms with Crippen LogP contribution in [0.15, 0.2) is 76.8 Å². The molecular weight excluding hydrogens is 421 g/mol. The Hall–Kier alpha value is -3.71. The van der Waals surface area contributed by atoms with E-state index in [0.717, 1.165) is 0 Å². The highest BCUT2D eigenvalue weighted by Gasteiger charge is 2.25. The number of nitrogens with zero attached hydrogens (tertiary/aromatic N) is 3. The molecule has 0 bridgehead atoms.